The van der Waals surface area contributed by atoms with Crippen LogP contribution in [0.1, 0.15) is 32.1 Å². The monoisotopic (exact) mass is 237 g/mol. The van der Waals surface area contributed by atoms with Crippen molar-refractivity contribution in [3.63, 3.8) is 0 Å². The van der Waals surface area contributed by atoms with Crippen LogP contribution < -0.4 is 0 Å². The van der Waals surface area contributed by atoms with E-state index >= 15 is 0 Å². The minimum atomic E-state index is -1.05. The fourth-order valence-electron chi connectivity index (χ4n) is 2.18. The van der Waals surface area contributed by atoms with Gasteiger partial charge in [0.25, 0.3) is 0 Å². The van der Waals surface area contributed by atoms with Gasteiger partial charge in [-0.15, -0.1) is 5.73 Å². The molecular weight excluding hydrogens is 210 g/mol. The molecule has 0 bridgehead atoms. The highest BCUT2D eigenvalue weighted by Crippen LogP contribution is 2.21. The van der Waals surface area contributed by atoms with Crippen LogP contribution in [0.15, 0.2) is 17.5 Å². The molecule has 1 saturated carbocycles. The predicted octanol–water partition coefficient (Wildman–Crippen LogP) is 3.84. The van der Waals surface area contributed by atoms with Gasteiger partial charge in [0.2, 0.25) is 0 Å². The normalized spacial score (nSPS) is 18.3. The van der Waals surface area contributed by atoms with E-state index in [-0.39, 0.29) is 0 Å². The number of hydrogen-bond donors (Lipinski definition) is 0. The molecule has 0 aromatic rings. The van der Waals surface area contributed by atoms with Crippen molar-refractivity contribution in [1.29, 1.82) is 0 Å². The van der Waals surface area contributed by atoms with Gasteiger partial charge in [-0.2, -0.15) is 0 Å². The summed E-state index contributed by atoms with van der Waals surface area (Å²) in [7, 11) is 1.20. The summed E-state index contributed by atoms with van der Waals surface area (Å²) in [4.78, 5) is 2.49. The third-order valence-corrected chi connectivity index (χ3v) is 4.24. The van der Waals surface area contributed by atoms with Crippen LogP contribution in [0, 0.1) is 0 Å². The first kappa shape index (κ1) is 13.8. The molecule has 0 aliphatic heterocycles. The van der Waals surface area contributed by atoms with Gasteiger partial charge >= 0.3 is 0 Å². The molecule has 0 amide bonds. The Bertz CT molecular complexity index is 252. The van der Waals surface area contributed by atoms with Crippen LogP contribution in [0.5, 0.6) is 0 Å². The van der Waals surface area contributed by atoms with Crippen LogP contribution >= 0.6 is 0 Å². The standard InChI is InChI=1S/C14H27NSi/c1-15(14-10-6-5-7-11-14)12-8-9-13-16(2,3)4/h8,13-14H,5-7,10-12H2,1-4H3. The number of likely N-dealkylation sites (N-methyl/N-ethyl adjacent to an activating group) is 1. The van der Waals surface area contributed by atoms with Crippen molar-refractivity contribution in [3.8, 4) is 0 Å². The zero-order valence-electron chi connectivity index (χ0n) is 11.4. The summed E-state index contributed by atoms with van der Waals surface area (Å²) < 4.78 is 0. The largest absolute Gasteiger partial charge is 0.299 e. The molecule has 1 rings (SSSR count). The molecule has 0 N–H and O–H groups in total. The lowest BCUT2D eigenvalue weighted by atomic mass is 9.94. The van der Waals surface area contributed by atoms with Gasteiger partial charge in [0.1, 0.15) is 0 Å². The Morgan fingerprint density at radius 2 is 1.81 bits per heavy atom. The van der Waals surface area contributed by atoms with Gasteiger partial charge in [0, 0.05) is 12.6 Å². The molecule has 1 aliphatic carbocycles. The average Bonchev–Trinajstić information content (AvgIpc) is 2.24. The molecule has 0 atom stereocenters. The van der Waals surface area contributed by atoms with E-state index in [4.69, 9.17) is 0 Å². The van der Waals surface area contributed by atoms with Gasteiger partial charge in [0.05, 0.1) is 8.07 Å². The summed E-state index contributed by atoms with van der Waals surface area (Å²) in [6, 6.07) is 0.818. The third kappa shape index (κ3) is 5.69. The molecule has 0 unspecified atom stereocenters. The van der Waals surface area contributed by atoms with Gasteiger partial charge in [-0.25, -0.2) is 0 Å². The fourth-order valence-corrected chi connectivity index (χ4v) is 2.79. The molecular formula is C14H27NSi. The Morgan fingerprint density at radius 1 is 1.19 bits per heavy atom. The summed E-state index contributed by atoms with van der Waals surface area (Å²) in [6.07, 6.45) is 9.26. The van der Waals surface area contributed by atoms with Gasteiger partial charge < -0.3 is 0 Å². The van der Waals surface area contributed by atoms with Crippen LogP contribution in [0.25, 0.3) is 0 Å². The molecule has 0 radical (unpaired) electrons. The van der Waals surface area contributed by atoms with E-state index in [0.717, 1.165) is 12.6 Å². The Balaban J connectivity index is 2.34. The Labute approximate surface area is 102 Å². The van der Waals surface area contributed by atoms with Crippen LogP contribution in [-0.2, 0) is 0 Å². The molecule has 0 saturated heterocycles. The molecule has 1 aliphatic rings. The number of nitrogens with zero attached hydrogens (tertiary/aromatic N) is 1. The second kappa shape index (κ2) is 6.44. The second-order valence-corrected chi connectivity index (χ2v) is 11.1. The van der Waals surface area contributed by atoms with E-state index in [2.05, 4.69) is 49.1 Å². The van der Waals surface area contributed by atoms with Gasteiger partial charge in [-0.1, -0.05) is 44.6 Å². The van der Waals surface area contributed by atoms with E-state index in [1.807, 2.05) is 0 Å². The first-order valence-corrected chi connectivity index (χ1v) is 10.2. The van der Waals surface area contributed by atoms with Gasteiger partial charge in [0.15, 0.2) is 0 Å². The summed E-state index contributed by atoms with van der Waals surface area (Å²) in [6.45, 7) is 8.10. The molecule has 92 valence electrons. The molecule has 1 fully saturated rings. The smallest absolute Gasteiger partial charge is 0.0781 e. The fraction of sp³-hybridized carbons (Fsp3) is 0.786. The van der Waals surface area contributed by atoms with Crippen molar-refractivity contribution in [2.75, 3.05) is 13.6 Å². The SMILES string of the molecule is CN(CC=C=C[Si](C)(C)C)C1CCCCC1. The minimum absolute atomic E-state index is 0.818. The average molecular weight is 237 g/mol. The van der Waals surface area contributed by atoms with Crippen LogP contribution in [0.4, 0.5) is 0 Å². The zero-order valence-corrected chi connectivity index (χ0v) is 12.4. The van der Waals surface area contributed by atoms with Crippen molar-refractivity contribution < 1.29 is 0 Å². The summed E-state index contributed by atoms with van der Waals surface area (Å²) >= 11 is 0. The molecule has 0 aromatic carbocycles. The van der Waals surface area contributed by atoms with Crippen molar-refractivity contribution >= 4 is 8.07 Å². The lowest BCUT2D eigenvalue weighted by Crippen LogP contribution is -2.33. The second-order valence-electron chi connectivity index (χ2n) is 6.11. The topological polar surface area (TPSA) is 3.24 Å². The highest BCUT2D eigenvalue weighted by molar-refractivity contribution is 6.80. The Hall–Kier alpha value is -0.303. The van der Waals surface area contributed by atoms with Crippen molar-refractivity contribution in [2.24, 2.45) is 0 Å². The van der Waals surface area contributed by atoms with E-state index in [0.29, 0.717) is 0 Å². The zero-order chi connectivity index (χ0) is 12.0. The first-order chi connectivity index (χ1) is 7.49. The molecule has 0 aromatic heterocycles. The quantitative estimate of drug-likeness (QED) is 0.530. The highest BCUT2D eigenvalue weighted by Gasteiger charge is 2.16. The summed E-state index contributed by atoms with van der Waals surface area (Å²) in [5.74, 6) is 0. The van der Waals surface area contributed by atoms with Crippen molar-refractivity contribution in [3.05, 3.63) is 17.5 Å². The van der Waals surface area contributed by atoms with Gasteiger partial charge in [-0.3, -0.25) is 4.90 Å². The summed E-state index contributed by atoms with van der Waals surface area (Å²) in [5, 5.41) is 0. The van der Waals surface area contributed by atoms with E-state index in [9.17, 15) is 0 Å². The maximum atomic E-state index is 3.37. The maximum Gasteiger partial charge on any atom is 0.0781 e. The predicted molar refractivity (Wildman–Crippen MR) is 75.5 cm³/mol. The molecule has 0 heterocycles. The maximum absolute atomic E-state index is 3.37. The van der Waals surface area contributed by atoms with Crippen molar-refractivity contribution in [2.45, 2.75) is 57.8 Å². The van der Waals surface area contributed by atoms with Crippen molar-refractivity contribution in [1.82, 2.24) is 4.90 Å². The third-order valence-electron chi connectivity index (χ3n) is 3.21. The van der Waals surface area contributed by atoms with Gasteiger partial charge in [-0.05, 0) is 26.0 Å². The number of hydrogen-bond acceptors (Lipinski definition) is 1. The van der Waals surface area contributed by atoms with E-state index in [1.165, 1.54) is 32.1 Å². The molecule has 0 spiro atoms. The highest BCUT2D eigenvalue weighted by atomic mass is 28.3. The van der Waals surface area contributed by atoms with Crippen LogP contribution in [0.2, 0.25) is 19.6 Å². The number of rotatable bonds is 4. The Morgan fingerprint density at radius 3 is 2.38 bits per heavy atom. The first-order valence-electron chi connectivity index (χ1n) is 6.61. The minimum Gasteiger partial charge on any atom is -0.299 e. The molecule has 1 nitrogen and oxygen atoms in total. The summed E-state index contributed by atoms with van der Waals surface area (Å²) in [5.41, 5.74) is 5.66. The molecule has 16 heavy (non-hydrogen) atoms. The lowest BCUT2D eigenvalue weighted by molar-refractivity contribution is 0.209. The molecule has 2 heteroatoms. The van der Waals surface area contributed by atoms with Crippen LogP contribution in [-0.4, -0.2) is 32.6 Å². The lowest BCUT2D eigenvalue weighted by Gasteiger charge is -2.30. The Kier molecular flexibility index (Phi) is 5.54. The van der Waals surface area contributed by atoms with E-state index < -0.39 is 8.07 Å². The van der Waals surface area contributed by atoms with E-state index in [1.54, 1.807) is 0 Å². The van der Waals surface area contributed by atoms with Crippen LogP contribution in [0.3, 0.4) is 0 Å².